The molecule has 0 aliphatic heterocycles. The summed E-state index contributed by atoms with van der Waals surface area (Å²) in [6, 6.07) is 12.8. The van der Waals surface area contributed by atoms with E-state index in [-0.39, 0.29) is 23.5 Å². The molecule has 3 rings (SSSR count). The number of carbonyl (C=O) groups is 2. The van der Waals surface area contributed by atoms with Crippen LogP contribution in [0, 0.1) is 17.0 Å². The minimum atomic E-state index is -0.702. The molecule has 154 valence electrons. The number of nitrogens with zero attached hydrogens (tertiary/aromatic N) is 2. The Kier molecular flexibility index (Phi) is 6.33. The number of non-ortho nitro benzene ring substituents is 1. The molecule has 0 fully saturated rings. The number of carbonyl (C=O) groups excluding carboxylic acids is 2. The fraction of sp³-hybridized carbons (Fsp3) is 0.190. The van der Waals surface area contributed by atoms with Gasteiger partial charge in [0.05, 0.1) is 28.3 Å². The SMILES string of the molecule is COCc1nc2ccccc2c(C)c1C(=O)OCC(=O)Nc1cccc([N+](=O)[O-])c1. The topological polar surface area (TPSA) is 121 Å². The van der Waals surface area contributed by atoms with Gasteiger partial charge in [0, 0.05) is 30.3 Å². The summed E-state index contributed by atoms with van der Waals surface area (Å²) < 4.78 is 10.3. The first-order valence-electron chi connectivity index (χ1n) is 8.99. The predicted octanol–water partition coefficient (Wildman–Crippen LogP) is 3.39. The predicted molar refractivity (Wildman–Crippen MR) is 109 cm³/mol. The number of esters is 1. The Morgan fingerprint density at radius 1 is 1.17 bits per heavy atom. The summed E-state index contributed by atoms with van der Waals surface area (Å²) in [4.78, 5) is 39.6. The molecule has 1 N–H and O–H groups in total. The molecule has 0 saturated carbocycles. The summed E-state index contributed by atoms with van der Waals surface area (Å²) in [5, 5.41) is 14.1. The number of hydrogen-bond donors (Lipinski definition) is 1. The van der Waals surface area contributed by atoms with Crippen LogP contribution in [0.5, 0.6) is 0 Å². The first kappa shape index (κ1) is 20.9. The van der Waals surface area contributed by atoms with Crippen molar-refractivity contribution in [3.63, 3.8) is 0 Å². The van der Waals surface area contributed by atoms with Crippen LogP contribution < -0.4 is 5.32 Å². The Bertz CT molecular complexity index is 1130. The van der Waals surface area contributed by atoms with Crippen LogP contribution in [-0.2, 0) is 20.9 Å². The van der Waals surface area contributed by atoms with Crippen molar-refractivity contribution in [2.24, 2.45) is 0 Å². The van der Waals surface area contributed by atoms with E-state index in [0.717, 1.165) is 10.9 Å². The van der Waals surface area contributed by atoms with Gasteiger partial charge < -0.3 is 14.8 Å². The molecule has 3 aromatic rings. The second-order valence-corrected chi connectivity index (χ2v) is 6.44. The van der Waals surface area contributed by atoms with Gasteiger partial charge in [0.15, 0.2) is 6.61 Å². The quantitative estimate of drug-likeness (QED) is 0.361. The molecule has 0 bridgehead atoms. The number of fused-ring (bicyclic) bond motifs is 1. The van der Waals surface area contributed by atoms with Crippen LogP contribution in [0.2, 0.25) is 0 Å². The molecule has 9 nitrogen and oxygen atoms in total. The lowest BCUT2D eigenvalue weighted by molar-refractivity contribution is -0.384. The molecular weight excluding hydrogens is 390 g/mol. The van der Waals surface area contributed by atoms with Gasteiger partial charge in [-0.2, -0.15) is 0 Å². The first-order chi connectivity index (χ1) is 14.4. The van der Waals surface area contributed by atoms with Crippen molar-refractivity contribution in [2.45, 2.75) is 13.5 Å². The Morgan fingerprint density at radius 3 is 2.67 bits per heavy atom. The highest BCUT2D eigenvalue weighted by Crippen LogP contribution is 2.24. The number of nitro groups is 1. The van der Waals surface area contributed by atoms with E-state index < -0.39 is 23.4 Å². The molecule has 30 heavy (non-hydrogen) atoms. The summed E-state index contributed by atoms with van der Waals surface area (Å²) in [6.45, 7) is 1.33. The van der Waals surface area contributed by atoms with E-state index in [0.29, 0.717) is 11.3 Å². The Labute approximate surface area is 171 Å². The zero-order valence-corrected chi connectivity index (χ0v) is 16.4. The molecule has 1 aromatic heterocycles. The average Bonchev–Trinajstić information content (AvgIpc) is 2.73. The number of nitro benzene ring substituents is 1. The third kappa shape index (κ3) is 4.58. The Balaban J connectivity index is 1.75. The number of anilines is 1. The molecule has 0 radical (unpaired) electrons. The summed E-state index contributed by atoms with van der Waals surface area (Å²) in [7, 11) is 1.49. The number of benzene rings is 2. The van der Waals surface area contributed by atoms with Crippen molar-refractivity contribution in [1.82, 2.24) is 4.98 Å². The van der Waals surface area contributed by atoms with E-state index >= 15 is 0 Å². The number of rotatable bonds is 7. The van der Waals surface area contributed by atoms with Gasteiger partial charge in [-0.1, -0.05) is 24.3 Å². The van der Waals surface area contributed by atoms with Crippen LogP contribution >= 0.6 is 0 Å². The fourth-order valence-corrected chi connectivity index (χ4v) is 3.05. The van der Waals surface area contributed by atoms with E-state index in [2.05, 4.69) is 10.3 Å². The maximum atomic E-state index is 12.7. The van der Waals surface area contributed by atoms with Gasteiger partial charge in [-0.3, -0.25) is 14.9 Å². The molecule has 0 spiro atoms. The molecule has 1 amide bonds. The van der Waals surface area contributed by atoms with E-state index in [1.165, 1.54) is 31.4 Å². The van der Waals surface area contributed by atoms with Crippen LogP contribution in [-0.4, -0.2) is 35.5 Å². The third-order valence-corrected chi connectivity index (χ3v) is 4.39. The average molecular weight is 409 g/mol. The number of methoxy groups -OCH3 is 1. The lowest BCUT2D eigenvalue weighted by Crippen LogP contribution is -2.22. The van der Waals surface area contributed by atoms with Gasteiger partial charge in [0.25, 0.3) is 11.6 Å². The van der Waals surface area contributed by atoms with E-state index in [4.69, 9.17) is 9.47 Å². The highest BCUT2D eigenvalue weighted by Gasteiger charge is 2.21. The molecule has 0 saturated heterocycles. The standard InChI is InChI=1S/C21H19N3O6/c1-13-16-8-3-4-9-17(16)23-18(11-29-2)20(13)21(26)30-12-19(25)22-14-6-5-7-15(10-14)24(27)28/h3-10H,11-12H2,1-2H3,(H,22,25). The second-order valence-electron chi connectivity index (χ2n) is 6.44. The number of pyridine rings is 1. The van der Waals surface area contributed by atoms with Gasteiger partial charge in [0.2, 0.25) is 0 Å². The number of hydrogen-bond acceptors (Lipinski definition) is 7. The maximum absolute atomic E-state index is 12.7. The Hall–Kier alpha value is -3.85. The largest absolute Gasteiger partial charge is 0.452 e. The third-order valence-electron chi connectivity index (χ3n) is 4.39. The van der Waals surface area contributed by atoms with Crippen molar-refractivity contribution < 1.29 is 24.0 Å². The molecule has 0 unspecified atom stereocenters. The minimum absolute atomic E-state index is 0.107. The van der Waals surface area contributed by atoms with Crippen molar-refractivity contribution in [1.29, 1.82) is 0 Å². The highest BCUT2D eigenvalue weighted by atomic mass is 16.6. The summed E-state index contributed by atoms with van der Waals surface area (Å²) in [5.74, 6) is -1.32. The zero-order chi connectivity index (χ0) is 21.7. The molecule has 1 heterocycles. The first-order valence-corrected chi connectivity index (χ1v) is 8.99. The van der Waals surface area contributed by atoms with Crippen LogP contribution in [0.3, 0.4) is 0 Å². The monoisotopic (exact) mass is 409 g/mol. The minimum Gasteiger partial charge on any atom is -0.452 e. The van der Waals surface area contributed by atoms with Gasteiger partial charge in [0.1, 0.15) is 0 Å². The van der Waals surface area contributed by atoms with Gasteiger partial charge in [-0.25, -0.2) is 9.78 Å². The van der Waals surface area contributed by atoms with Crippen molar-refractivity contribution in [3.8, 4) is 0 Å². The fourth-order valence-electron chi connectivity index (χ4n) is 3.05. The summed E-state index contributed by atoms with van der Waals surface area (Å²) >= 11 is 0. The maximum Gasteiger partial charge on any atom is 0.340 e. The molecular formula is C21H19N3O6. The van der Waals surface area contributed by atoms with Gasteiger partial charge in [-0.15, -0.1) is 0 Å². The molecule has 0 aliphatic carbocycles. The highest BCUT2D eigenvalue weighted by molar-refractivity contribution is 6.00. The number of aromatic nitrogens is 1. The summed E-state index contributed by atoms with van der Waals surface area (Å²) in [5.41, 5.74) is 2.14. The summed E-state index contributed by atoms with van der Waals surface area (Å²) in [6.07, 6.45) is 0. The second kappa shape index (κ2) is 9.10. The number of ether oxygens (including phenoxy) is 2. The number of para-hydroxylation sites is 1. The molecule has 0 atom stereocenters. The van der Waals surface area contributed by atoms with Crippen molar-refractivity contribution in [3.05, 3.63) is 75.5 Å². The van der Waals surface area contributed by atoms with Crippen LogP contribution in [0.25, 0.3) is 10.9 Å². The zero-order valence-electron chi connectivity index (χ0n) is 16.4. The smallest absolute Gasteiger partial charge is 0.340 e. The lowest BCUT2D eigenvalue weighted by atomic mass is 10.0. The Morgan fingerprint density at radius 2 is 1.93 bits per heavy atom. The lowest BCUT2D eigenvalue weighted by Gasteiger charge is -2.14. The van der Waals surface area contributed by atoms with Crippen molar-refractivity contribution in [2.75, 3.05) is 19.0 Å². The molecule has 2 aromatic carbocycles. The van der Waals surface area contributed by atoms with Gasteiger partial charge >= 0.3 is 5.97 Å². The van der Waals surface area contributed by atoms with Crippen LogP contribution in [0.15, 0.2) is 48.5 Å². The van der Waals surface area contributed by atoms with Crippen LogP contribution in [0.4, 0.5) is 11.4 Å². The van der Waals surface area contributed by atoms with E-state index in [1.54, 1.807) is 6.92 Å². The van der Waals surface area contributed by atoms with Crippen LogP contribution in [0.1, 0.15) is 21.6 Å². The molecule has 0 aliphatic rings. The number of aryl methyl sites for hydroxylation is 1. The normalized spacial score (nSPS) is 10.6. The number of nitrogens with one attached hydrogen (secondary N) is 1. The van der Waals surface area contributed by atoms with Gasteiger partial charge in [-0.05, 0) is 24.6 Å². The van der Waals surface area contributed by atoms with E-state index in [1.807, 2.05) is 24.3 Å². The molecule has 9 heteroatoms. The van der Waals surface area contributed by atoms with Crippen molar-refractivity contribution >= 4 is 34.2 Å². The number of amides is 1. The van der Waals surface area contributed by atoms with E-state index in [9.17, 15) is 19.7 Å².